The van der Waals surface area contributed by atoms with Crippen molar-refractivity contribution >= 4 is 39.1 Å². The number of aromatic hydroxyl groups is 1. The highest BCUT2D eigenvalue weighted by Crippen LogP contribution is 2.26. The van der Waals surface area contributed by atoms with Crippen molar-refractivity contribution in [2.45, 2.75) is 37.8 Å². The number of aromatic nitrogens is 1. The molecule has 0 aliphatic heterocycles. The number of pyridine rings is 1. The van der Waals surface area contributed by atoms with Crippen LogP contribution in [0.25, 0.3) is 0 Å². The van der Waals surface area contributed by atoms with Crippen LogP contribution in [0.5, 0.6) is 5.75 Å². The number of aryl methyl sites for hydroxylation is 2. The van der Waals surface area contributed by atoms with Crippen molar-refractivity contribution in [1.82, 2.24) is 9.88 Å². The van der Waals surface area contributed by atoms with Crippen molar-refractivity contribution < 1.29 is 28.2 Å². The fourth-order valence-corrected chi connectivity index (χ4v) is 4.66. The molecule has 3 rings (SSSR count). The first-order valence-corrected chi connectivity index (χ1v) is 13.3. The topological polar surface area (TPSA) is 155 Å². The lowest BCUT2D eigenvalue weighted by Crippen LogP contribution is -2.36. The normalized spacial score (nSPS) is 12.1. The number of carbonyl (C=O) groups is 2. The van der Waals surface area contributed by atoms with Gasteiger partial charge in [0.25, 0.3) is 5.56 Å². The average Bonchev–Trinajstić information content (AvgIpc) is 2.81. The number of benzene rings is 2. The standard InChI is InChI=1S/C25H26ClN3O7S/c1-14-5-4-6-19(26)18(14)13-29-12-15(2)23(32)22(24(29)33)28-25(34)27-20(11-21(30)31)16-7-9-17(10-8-16)37(3,35)36/h4-10,12,20,32H,11,13H2,1-3H3,(H,30,31)(H2,27,28,34). The number of nitrogens with one attached hydrogen (secondary N) is 2. The number of carbonyl (C=O) groups excluding carboxylic acids is 1. The minimum Gasteiger partial charge on any atom is -0.505 e. The first-order valence-electron chi connectivity index (χ1n) is 11.0. The zero-order chi connectivity index (χ0) is 27.5. The van der Waals surface area contributed by atoms with Crippen LogP contribution in [-0.4, -0.2) is 41.5 Å². The van der Waals surface area contributed by atoms with Crippen molar-refractivity contribution in [3.8, 4) is 5.75 Å². The monoisotopic (exact) mass is 547 g/mol. The number of aliphatic carboxylic acids is 1. The molecule has 12 heteroatoms. The second kappa shape index (κ2) is 11.1. The number of urea groups is 1. The molecule has 0 saturated heterocycles. The van der Waals surface area contributed by atoms with Crippen molar-refractivity contribution in [2.75, 3.05) is 11.6 Å². The first-order chi connectivity index (χ1) is 17.3. The van der Waals surface area contributed by atoms with E-state index in [1.54, 1.807) is 19.1 Å². The smallest absolute Gasteiger partial charge is 0.319 e. The van der Waals surface area contributed by atoms with Gasteiger partial charge in [0, 0.05) is 23.0 Å². The molecule has 0 fully saturated rings. The Morgan fingerprint density at radius 3 is 2.30 bits per heavy atom. The Balaban J connectivity index is 1.89. The van der Waals surface area contributed by atoms with E-state index in [1.807, 2.05) is 13.0 Å². The minimum absolute atomic E-state index is 0.0359. The van der Waals surface area contributed by atoms with Crippen LogP contribution in [-0.2, 0) is 21.2 Å². The number of hydrogen-bond acceptors (Lipinski definition) is 6. The Bertz CT molecular complexity index is 1500. The molecule has 3 aromatic rings. The molecule has 0 saturated carbocycles. The predicted octanol–water partition coefficient (Wildman–Crippen LogP) is 3.61. The molecule has 0 radical (unpaired) electrons. The van der Waals surface area contributed by atoms with Gasteiger partial charge in [0.1, 0.15) is 5.75 Å². The Labute approximate surface area is 218 Å². The lowest BCUT2D eigenvalue weighted by atomic mass is 10.0. The van der Waals surface area contributed by atoms with E-state index in [0.717, 1.165) is 11.8 Å². The molecule has 1 aromatic heterocycles. The van der Waals surface area contributed by atoms with Gasteiger partial charge in [-0.3, -0.25) is 9.59 Å². The Kier molecular flexibility index (Phi) is 8.29. The number of carboxylic acids is 1. The van der Waals surface area contributed by atoms with E-state index in [1.165, 1.54) is 35.0 Å². The SMILES string of the molecule is Cc1cn(Cc2c(C)cccc2Cl)c(=O)c(NC(=O)NC(CC(=O)O)c2ccc(S(C)(=O)=O)cc2)c1O. The van der Waals surface area contributed by atoms with Crippen LogP contribution in [0.3, 0.4) is 0 Å². The molecule has 2 amide bonds. The van der Waals surface area contributed by atoms with Gasteiger partial charge in [0.05, 0.1) is 23.9 Å². The number of nitrogens with zero attached hydrogens (tertiary/aromatic N) is 1. The summed E-state index contributed by atoms with van der Waals surface area (Å²) in [6.07, 6.45) is 1.97. The summed E-state index contributed by atoms with van der Waals surface area (Å²) in [5.74, 6) is -1.65. The average molecular weight is 548 g/mol. The summed E-state index contributed by atoms with van der Waals surface area (Å²) in [6, 6.07) is 8.74. The van der Waals surface area contributed by atoms with E-state index in [9.17, 15) is 33.0 Å². The number of amides is 2. The Hall–Kier alpha value is -3.83. The lowest BCUT2D eigenvalue weighted by Gasteiger charge is -2.19. The summed E-state index contributed by atoms with van der Waals surface area (Å²) in [5.41, 5.74) is 1.14. The Morgan fingerprint density at radius 1 is 1.08 bits per heavy atom. The molecule has 1 unspecified atom stereocenters. The van der Waals surface area contributed by atoms with E-state index < -0.39 is 45.6 Å². The molecule has 1 atom stereocenters. The molecule has 1 heterocycles. The molecule has 0 aliphatic carbocycles. The van der Waals surface area contributed by atoms with Gasteiger partial charge in [-0.1, -0.05) is 35.9 Å². The highest BCUT2D eigenvalue weighted by molar-refractivity contribution is 7.90. The summed E-state index contributed by atoms with van der Waals surface area (Å²) in [6.45, 7) is 3.50. The highest BCUT2D eigenvalue weighted by atomic mass is 35.5. The number of anilines is 1. The van der Waals surface area contributed by atoms with Gasteiger partial charge in [-0.25, -0.2) is 13.2 Å². The summed E-state index contributed by atoms with van der Waals surface area (Å²) in [4.78, 5) is 37.4. The number of carboxylic acid groups (broad SMARTS) is 1. The van der Waals surface area contributed by atoms with Gasteiger partial charge in [0.2, 0.25) is 0 Å². The minimum atomic E-state index is -3.47. The lowest BCUT2D eigenvalue weighted by molar-refractivity contribution is -0.137. The van der Waals surface area contributed by atoms with Gasteiger partial charge in [-0.05, 0) is 48.7 Å². The third-order valence-corrected chi connectivity index (χ3v) is 7.23. The van der Waals surface area contributed by atoms with Crippen LogP contribution in [0.1, 0.15) is 34.7 Å². The van der Waals surface area contributed by atoms with E-state index in [4.69, 9.17) is 11.6 Å². The predicted molar refractivity (Wildman–Crippen MR) is 139 cm³/mol. The van der Waals surface area contributed by atoms with E-state index in [2.05, 4.69) is 10.6 Å². The third-order valence-electron chi connectivity index (χ3n) is 5.75. The molecule has 196 valence electrons. The maximum Gasteiger partial charge on any atom is 0.319 e. The highest BCUT2D eigenvalue weighted by Gasteiger charge is 2.22. The maximum atomic E-state index is 13.1. The van der Waals surface area contributed by atoms with E-state index in [0.29, 0.717) is 21.7 Å². The van der Waals surface area contributed by atoms with Crippen LogP contribution in [0.15, 0.2) is 58.4 Å². The maximum absolute atomic E-state index is 13.1. The molecule has 10 nitrogen and oxygen atoms in total. The van der Waals surface area contributed by atoms with Crippen molar-refractivity contribution in [3.63, 3.8) is 0 Å². The van der Waals surface area contributed by atoms with Gasteiger partial charge in [0.15, 0.2) is 15.5 Å². The second-order valence-electron chi connectivity index (χ2n) is 8.59. The van der Waals surface area contributed by atoms with Crippen LogP contribution in [0.2, 0.25) is 5.02 Å². The molecule has 0 spiro atoms. The Morgan fingerprint density at radius 2 is 1.73 bits per heavy atom. The quantitative estimate of drug-likeness (QED) is 0.336. The molecule has 37 heavy (non-hydrogen) atoms. The van der Waals surface area contributed by atoms with Crippen molar-refractivity contribution in [3.05, 3.63) is 86.3 Å². The van der Waals surface area contributed by atoms with Crippen LogP contribution < -0.4 is 16.2 Å². The number of hydrogen-bond donors (Lipinski definition) is 4. The van der Waals surface area contributed by atoms with Gasteiger partial charge in [-0.15, -0.1) is 0 Å². The van der Waals surface area contributed by atoms with Gasteiger partial charge >= 0.3 is 12.0 Å². The van der Waals surface area contributed by atoms with E-state index >= 15 is 0 Å². The van der Waals surface area contributed by atoms with E-state index in [-0.39, 0.29) is 17.1 Å². The molecule has 0 bridgehead atoms. The van der Waals surface area contributed by atoms with Crippen LogP contribution in [0.4, 0.5) is 10.5 Å². The summed E-state index contributed by atoms with van der Waals surface area (Å²) < 4.78 is 24.7. The summed E-state index contributed by atoms with van der Waals surface area (Å²) >= 11 is 6.29. The molecular formula is C25H26ClN3O7S. The molecular weight excluding hydrogens is 522 g/mol. The van der Waals surface area contributed by atoms with Crippen molar-refractivity contribution in [2.24, 2.45) is 0 Å². The first kappa shape index (κ1) is 27.8. The van der Waals surface area contributed by atoms with Gasteiger partial charge < -0.3 is 25.4 Å². The fourth-order valence-electron chi connectivity index (χ4n) is 3.74. The number of sulfone groups is 1. The van der Waals surface area contributed by atoms with Crippen molar-refractivity contribution in [1.29, 1.82) is 0 Å². The van der Waals surface area contributed by atoms with Gasteiger partial charge in [-0.2, -0.15) is 0 Å². The molecule has 0 aliphatic rings. The third kappa shape index (κ3) is 6.69. The zero-order valence-corrected chi connectivity index (χ0v) is 21.9. The van der Waals surface area contributed by atoms with Crippen LogP contribution in [0, 0.1) is 13.8 Å². The fraction of sp³-hybridized carbons (Fsp3) is 0.240. The number of halogens is 1. The summed E-state index contributed by atoms with van der Waals surface area (Å²) in [5, 5.41) is 25.1. The summed E-state index contributed by atoms with van der Waals surface area (Å²) in [7, 11) is -3.47. The largest absolute Gasteiger partial charge is 0.505 e. The molecule has 2 aromatic carbocycles. The number of rotatable bonds is 8. The zero-order valence-electron chi connectivity index (χ0n) is 20.3. The van der Waals surface area contributed by atoms with Crippen LogP contribution >= 0.6 is 11.6 Å². The second-order valence-corrected chi connectivity index (χ2v) is 11.0. The molecule has 4 N–H and O–H groups in total.